The fourth-order valence-corrected chi connectivity index (χ4v) is 0.581. The van der Waals surface area contributed by atoms with Gasteiger partial charge in [-0.3, -0.25) is 4.79 Å². The lowest BCUT2D eigenvalue weighted by Gasteiger charge is -2.02. The Morgan fingerprint density at radius 3 is 2.70 bits per heavy atom. The van der Waals surface area contributed by atoms with Crippen LogP contribution in [-0.4, -0.2) is 19.3 Å². The van der Waals surface area contributed by atoms with Gasteiger partial charge in [-0.25, -0.2) is 4.39 Å². The lowest BCUT2D eigenvalue weighted by molar-refractivity contribution is -0.141. The number of rotatable bonds is 4. The zero-order valence-corrected chi connectivity index (χ0v) is 6.39. The summed E-state index contributed by atoms with van der Waals surface area (Å²) in [5.74, 6) is -0.337. The molecule has 0 saturated heterocycles. The topological polar surface area (TPSA) is 26.3 Å². The third kappa shape index (κ3) is 4.30. The zero-order chi connectivity index (χ0) is 7.98. The molecule has 2 nitrogen and oxygen atoms in total. The molecule has 3 heteroatoms. The first-order chi connectivity index (χ1) is 4.70. The van der Waals surface area contributed by atoms with Crippen LogP contribution in [-0.2, 0) is 9.53 Å². The molecule has 0 rings (SSSR count). The Morgan fingerprint density at radius 2 is 2.30 bits per heavy atom. The Kier molecular flexibility index (Phi) is 4.89. The second kappa shape index (κ2) is 5.21. The molecule has 0 spiro atoms. The molecule has 0 aliphatic carbocycles. The molecule has 60 valence electrons. The maximum atomic E-state index is 12.4. The van der Waals surface area contributed by atoms with Crippen LogP contribution in [0.4, 0.5) is 4.39 Å². The summed E-state index contributed by atoms with van der Waals surface area (Å²) in [6.07, 6.45) is 0.0742. The molecule has 0 aromatic carbocycles. The molecule has 10 heavy (non-hydrogen) atoms. The summed E-state index contributed by atoms with van der Waals surface area (Å²) in [5, 5.41) is 0. The van der Waals surface area contributed by atoms with Gasteiger partial charge in [0.2, 0.25) is 0 Å². The summed E-state index contributed by atoms with van der Waals surface area (Å²) in [5.41, 5.74) is 0. The molecular formula is C7H13FO2. The number of carbonyl (C=O) groups excluding carboxylic acids is 1. The molecule has 0 aromatic heterocycles. The van der Waals surface area contributed by atoms with Crippen molar-refractivity contribution in [3.63, 3.8) is 0 Å². The highest BCUT2D eigenvalue weighted by atomic mass is 19.1. The summed E-state index contributed by atoms with van der Waals surface area (Å²) >= 11 is 0. The van der Waals surface area contributed by atoms with Crippen molar-refractivity contribution in [2.24, 2.45) is 0 Å². The Morgan fingerprint density at radius 1 is 1.70 bits per heavy atom. The van der Waals surface area contributed by atoms with E-state index in [2.05, 4.69) is 4.74 Å². The van der Waals surface area contributed by atoms with Gasteiger partial charge in [0.15, 0.2) is 0 Å². The van der Waals surface area contributed by atoms with Crippen LogP contribution in [0.3, 0.4) is 0 Å². The van der Waals surface area contributed by atoms with Crippen molar-refractivity contribution in [2.75, 3.05) is 7.11 Å². The van der Waals surface area contributed by atoms with Crippen molar-refractivity contribution >= 4 is 5.97 Å². The number of ether oxygens (including phenoxy) is 1. The molecule has 0 amide bonds. The summed E-state index contributed by atoms with van der Waals surface area (Å²) in [4.78, 5) is 10.4. The zero-order valence-electron chi connectivity index (χ0n) is 6.39. The SMILES string of the molecule is CCC(F)CCC(=O)OC. The largest absolute Gasteiger partial charge is 0.469 e. The maximum absolute atomic E-state index is 12.4. The molecule has 0 aromatic rings. The monoisotopic (exact) mass is 148 g/mol. The van der Waals surface area contributed by atoms with E-state index in [4.69, 9.17) is 0 Å². The number of hydrogen-bond donors (Lipinski definition) is 0. The molecule has 0 heterocycles. The molecular weight excluding hydrogens is 135 g/mol. The van der Waals surface area contributed by atoms with Crippen LogP contribution in [0.25, 0.3) is 0 Å². The molecule has 0 saturated carbocycles. The lowest BCUT2D eigenvalue weighted by Crippen LogP contribution is -2.05. The van der Waals surface area contributed by atoms with Gasteiger partial charge in [-0.1, -0.05) is 6.92 Å². The minimum absolute atomic E-state index is 0.186. The van der Waals surface area contributed by atoms with Crippen LogP contribution in [0.15, 0.2) is 0 Å². The van der Waals surface area contributed by atoms with Gasteiger partial charge in [-0.05, 0) is 12.8 Å². The minimum Gasteiger partial charge on any atom is -0.469 e. The van der Waals surface area contributed by atoms with E-state index < -0.39 is 6.17 Å². The van der Waals surface area contributed by atoms with E-state index in [-0.39, 0.29) is 18.8 Å². The predicted octanol–water partition coefficient (Wildman–Crippen LogP) is 1.69. The van der Waals surface area contributed by atoms with Crippen molar-refractivity contribution in [3.8, 4) is 0 Å². The summed E-state index contributed by atoms with van der Waals surface area (Å²) in [6, 6.07) is 0. The number of hydrogen-bond acceptors (Lipinski definition) is 2. The fourth-order valence-electron chi connectivity index (χ4n) is 0.581. The highest BCUT2D eigenvalue weighted by Crippen LogP contribution is 2.05. The van der Waals surface area contributed by atoms with Crippen molar-refractivity contribution in [3.05, 3.63) is 0 Å². The first-order valence-electron chi connectivity index (χ1n) is 3.41. The Hall–Kier alpha value is -0.600. The second-order valence-corrected chi connectivity index (χ2v) is 2.12. The van der Waals surface area contributed by atoms with E-state index in [0.29, 0.717) is 6.42 Å². The van der Waals surface area contributed by atoms with Gasteiger partial charge in [-0.2, -0.15) is 0 Å². The quantitative estimate of drug-likeness (QED) is 0.567. The van der Waals surface area contributed by atoms with Gasteiger partial charge >= 0.3 is 5.97 Å². The van der Waals surface area contributed by atoms with Crippen molar-refractivity contribution in [1.82, 2.24) is 0 Å². The van der Waals surface area contributed by atoms with Crippen LogP contribution in [0.5, 0.6) is 0 Å². The van der Waals surface area contributed by atoms with E-state index in [1.807, 2.05) is 0 Å². The molecule has 1 unspecified atom stereocenters. The predicted molar refractivity (Wildman–Crippen MR) is 36.4 cm³/mol. The average molecular weight is 148 g/mol. The Bertz CT molecular complexity index is 104. The van der Waals surface area contributed by atoms with Gasteiger partial charge in [-0.15, -0.1) is 0 Å². The standard InChI is InChI=1S/C7H13FO2/c1-3-6(8)4-5-7(9)10-2/h6H,3-5H2,1-2H3. The van der Waals surface area contributed by atoms with E-state index in [9.17, 15) is 9.18 Å². The fraction of sp³-hybridized carbons (Fsp3) is 0.857. The Labute approximate surface area is 60.4 Å². The van der Waals surface area contributed by atoms with E-state index in [1.54, 1.807) is 6.92 Å². The third-order valence-corrected chi connectivity index (χ3v) is 1.33. The van der Waals surface area contributed by atoms with Gasteiger partial charge in [0.25, 0.3) is 0 Å². The highest BCUT2D eigenvalue weighted by molar-refractivity contribution is 5.69. The van der Waals surface area contributed by atoms with Crippen molar-refractivity contribution in [2.45, 2.75) is 32.4 Å². The molecule has 0 radical (unpaired) electrons. The number of esters is 1. The van der Waals surface area contributed by atoms with Crippen LogP contribution in [0.1, 0.15) is 26.2 Å². The first-order valence-corrected chi connectivity index (χ1v) is 3.41. The number of halogens is 1. The summed E-state index contributed by atoms with van der Waals surface area (Å²) in [6.45, 7) is 1.75. The first kappa shape index (κ1) is 9.40. The smallest absolute Gasteiger partial charge is 0.305 e. The average Bonchev–Trinajstić information content (AvgIpc) is 1.99. The van der Waals surface area contributed by atoms with E-state index in [0.717, 1.165) is 0 Å². The number of alkyl halides is 1. The molecule has 0 fully saturated rings. The molecule has 0 N–H and O–H groups in total. The number of methoxy groups -OCH3 is 1. The highest BCUT2D eigenvalue weighted by Gasteiger charge is 2.06. The molecule has 0 aliphatic heterocycles. The van der Waals surface area contributed by atoms with Crippen molar-refractivity contribution < 1.29 is 13.9 Å². The molecule has 1 atom stereocenters. The van der Waals surface area contributed by atoms with Crippen molar-refractivity contribution in [1.29, 1.82) is 0 Å². The third-order valence-electron chi connectivity index (χ3n) is 1.33. The van der Waals surface area contributed by atoms with Crippen LogP contribution in [0, 0.1) is 0 Å². The van der Waals surface area contributed by atoms with E-state index >= 15 is 0 Å². The van der Waals surface area contributed by atoms with E-state index in [1.165, 1.54) is 7.11 Å². The molecule has 0 bridgehead atoms. The van der Waals surface area contributed by atoms with Crippen LogP contribution >= 0.6 is 0 Å². The Balaban J connectivity index is 3.26. The van der Waals surface area contributed by atoms with Gasteiger partial charge in [0.05, 0.1) is 7.11 Å². The van der Waals surface area contributed by atoms with Gasteiger partial charge in [0, 0.05) is 6.42 Å². The van der Waals surface area contributed by atoms with Gasteiger partial charge < -0.3 is 4.74 Å². The normalized spacial score (nSPS) is 12.7. The minimum atomic E-state index is -0.862. The van der Waals surface area contributed by atoms with Crippen LogP contribution < -0.4 is 0 Å². The lowest BCUT2D eigenvalue weighted by atomic mass is 10.2. The maximum Gasteiger partial charge on any atom is 0.305 e. The second-order valence-electron chi connectivity index (χ2n) is 2.12. The summed E-state index contributed by atoms with van der Waals surface area (Å²) < 4.78 is 16.8. The van der Waals surface area contributed by atoms with Crippen LogP contribution in [0.2, 0.25) is 0 Å². The number of carbonyl (C=O) groups is 1. The summed E-state index contributed by atoms with van der Waals surface area (Å²) in [7, 11) is 1.31. The van der Waals surface area contributed by atoms with Gasteiger partial charge in [0.1, 0.15) is 6.17 Å². The molecule has 0 aliphatic rings.